The molecule has 0 aliphatic carbocycles. The highest BCUT2D eigenvalue weighted by Gasteiger charge is 2.21. The number of hydrogen-bond acceptors (Lipinski definition) is 2. The molecule has 0 bridgehead atoms. The number of hydrogen-bond donors (Lipinski definition) is 1. The Balaban J connectivity index is 1.92. The van der Waals surface area contributed by atoms with E-state index in [-0.39, 0.29) is 5.82 Å². The van der Waals surface area contributed by atoms with Crippen molar-refractivity contribution in [1.29, 1.82) is 0 Å². The standard InChI is InChI=1S/C16H24ClFN2/c1-12(2)19-9-13-5-4-8-20(10-13)11-14-15(17)6-3-7-16(14)18/h3,6-7,12-13,19H,4-5,8-11H2,1-2H3. The summed E-state index contributed by atoms with van der Waals surface area (Å²) in [7, 11) is 0. The molecular weight excluding hydrogens is 275 g/mol. The molecule has 1 aromatic carbocycles. The van der Waals surface area contributed by atoms with Crippen LogP contribution in [0.5, 0.6) is 0 Å². The van der Waals surface area contributed by atoms with Crippen molar-refractivity contribution in [2.75, 3.05) is 19.6 Å². The van der Waals surface area contributed by atoms with Crippen LogP contribution in [0, 0.1) is 11.7 Å². The number of benzene rings is 1. The van der Waals surface area contributed by atoms with Gasteiger partial charge in [-0.25, -0.2) is 4.39 Å². The smallest absolute Gasteiger partial charge is 0.129 e. The molecule has 1 unspecified atom stereocenters. The van der Waals surface area contributed by atoms with Gasteiger partial charge in [0.1, 0.15) is 5.82 Å². The summed E-state index contributed by atoms with van der Waals surface area (Å²) >= 11 is 6.11. The van der Waals surface area contributed by atoms with Crippen LogP contribution in [0.15, 0.2) is 18.2 Å². The monoisotopic (exact) mass is 298 g/mol. The normalized spacial score (nSPS) is 20.6. The van der Waals surface area contributed by atoms with Crippen molar-refractivity contribution < 1.29 is 4.39 Å². The minimum atomic E-state index is -0.195. The van der Waals surface area contributed by atoms with E-state index in [2.05, 4.69) is 24.1 Å². The molecule has 0 saturated carbocycles. The highest BCUT2D eigenvalue weighted by Crippen LogP contribution is 2.24. The van der Waals surface area contributed by atoms with Gasteiger partial charge in [0, 0.05) is 29.7 Å². The SMILES string of the molecule is CC(C)NCC1CCCN(Cc2c(F)cccc2Cl)C1. The van der Waals surface area contributed by atoms with Gasteiger partial charge in [-0.15, -0.1) is 0 Å². The number of halogens is 2. The number of nitrogens with zero attached hydrogens (tertiary/aromatic N) is 1. The fourth-order valence-corrected chi connectivity index (χ4v) is 2.99. The lowest BCUT2D eigenvalue weighted by molar-refractivity contribution is 0.162. The Bertz CT molecular complexity index is 416. The molecule has 0 spiro atoms. The number of likely N-dealkylation sites (tertiary alicyclic amines) is 1. The third-order valence-electron chi connectivity index (χ3n) is 3.86. The average molecular weight is 299 g/mol. The number of rotatable bonds is 5. The molecule has 0 amide bonds. The van der Waals surface area contributed by atoms with Crippen molar-refractivity contribution in [3.63, 3.8) is 0 Å². The Morgan fingerprint density at radius 3 is 2.95 bits per heavy atom. The van der Waals surface area contributed by atoms with E-state index in [1.54, 1.807) is 12.1 Å². The van der Waals surface area contributed by atoms with Gasteiger partial charge < -0.3 is 5.32 Å². The van der Waals surface area contributed by atoms with E-state index >= 15 is 0 Å². The Morgan fingerprint density at radius 1 is 1.45 bits per heavy atom. The van der Waals surface area contributed by atoms with Crippen LogP contribution in [0.4, 0.5) is 4.39 Å². The second-order valence-corrected chi connectivity index (χ2v) is 6.41. The third kappa shape index (κ3) is 4.44. The first-order valence-electron chi connectivity index (χ1n) is 7.45. The first kappa shape index (κ1) is 15.7. The molecule has 4 heteroatoms. The Labute approximate surface area is 126 Å². The lowest BCUT2D eigenvalue weighted by atomic mass is 9.97. The van der Waals surface area contributed by atoms with Crippen LogP contribution in [0.25, 0.3) is 0 Å². The summed E-state index contributed by atoms with van der Waals surface area (Å²) in [6.45, 7) is 8.04. The predicted molar refractivity (Wildman–Crippen MR) is 82.5 cm³/mol. The molecule has 1 N–H and O–H groups in total. The molecule has 1 atom stereocenters. The fourth-order valence-electron chi connectivity index (χ4n) is 2.77. The van der Waals surface area contributed by atoms with Crippen molar-refractivity contribution in [1.82, 2.24) is 10.2 Å². The maximum Gasteiger partial charge on any atom is 0.129 e. The Kier molecular flexibility index (Phi) is 5.82. The highest BCUT2D eigenvalue weighted by atomic mass is 35.5. The van der Waals surface area contributed by atoms with E-state index in [1.165, 1.54) is 18.9 Å². The summed E-state index contributed by atoms with van der Waals surface area (Å²) in [5, 5.41) is 4.03. The van der Waals surface area contributed by atoms with Crippen LogP contribution in [0.3, 0.4) is 0 Å². The molecule has 112 valence electrons. The maximum atomic E-state index is 13.8. The maximum absolute atomic E-state index is 13.8. The van der Waals surface area contributed by atoms with Crippen molar-refractivity contribution in [3.8, 4) is 0 Å². The summed E-state index contributed by atoms with van der Waals surface area (Å²) < 4.78 is 13.8. The molecule has 1 saturated heterocycles. The second-order valence-electron chi connectivity index (χ2n) is 6.01. The molecule has 0 aromatic heterocycles. The lowest BCUT2D eigenvalue weighted by Crippen LogP contribution is -2.40. The molecule has 2 rings (SSSR count). The van der Waals surface area contributed by atoms with Crippen molar-refractivity contribution in [2.24, 2.45) is 5.92 Å². The zero-order valence-corrected chi connectivity index (χ0v) is 13.1. The predicted octanol–water partition coefficient (Wildman–Crippen LogP) is 3.69. The Hall–Kier alpha value is -0.640. The molecule has 1 heterocycles. The first-order chi connectivity index (χ1) is 9.56. The van der Waals surface area contributed by atoms with Crippen LogP contribution >= 0.6 is 11.6 Å². The summed E-state index contributed by atoms with van der Waals surface area (Å²) in [6, 6.07) is 5.43. The Morgan fingerprint density at radius 2 is 2.25 bits per heavy atom. The first-order valence-corrected chi connectivity index (χ1v) is 7.82. The summed E-state index contributed by atoms with van der Waals surface area (Å²) in [6.07, 6.45) is 2.43. The van der Waals surface area contributed by atoms with Crippen LogP contribution < -0.4 is 5.32 Å². The van der Waals surface area contributed by atoms with Crippen molar-refractivity contribution in [2.45, 2.75) is 39.3 Å². The van der Waals surface area contributed by atoms with Gasteiger partial charge in [0.25, 0.3) is 0 Å². The average Bonchev–Trinajstić information content (AvgIpc) is 2.41. The van der Waals surface area contributed by atoms with Gasteiger partial charge in [0.2, 0.25) is 0 Å². The zero-order valence-electron chi connectivity index (χ0n) is 12.3. The topological polar surface area (TPSA) is 15.3 Å². The molecular formula is C16H24ClFN2. The van der Waals surface area contributed by atoms with Crippen molar-refractivity contribution >= 4 is 11.6 Å². The zero-order chi connectivity index (χ0) is 14.5. The van der Waals surface area contributed by atoms with Crippen LogP contribution in [0.1, 0.15) is 32.3 Å². The van der Waals surface area contributed by atoms with E-state index in [0.29, 0.717) is 29.1 Å². The van der Waals surface area contributed by atoms with Crippen LogP contribution in [0.2, 0.25) is 5.02 Å². The van der Waals surface area contributed by atoms with E-state index < -0.39 is 0 Å². The van der Waals surface area contributed by atoms with E-state index in [4.69, 9.17) is 11.6 Å². The quantitative estimate of drug-likeness (QED) is 0.892. The number of piperidine rings is 1. The van der Waals surface area contributed by atoms with Crippen LogP contribution in [-0.2, 0) is 6.54 Å². The van der Waals surface area contributed by atoms with Gasteiger partial charge in [0.05, 0.1) is 0 Å². The minimum Gasteiger partial charge on any atom is -0.314 e. The second kappa shape index (κ2) is 7.39. The molecule has 1 aromatic rings. The highest BCUT2D eigenvalue weighted by molar-refractivity contribution is 6.31. The van der Waals surface area contributed by atoms with E-state index in [9.17, 15) is 4.39 Å². The van der Waals surface area contributed by atoms with Gasteiger partial charge in [-0.2, -0.15) is 0 Å². The van der Waals surface area contributed by atoms with Gasteiger partial charge >= 0.3 is 0 Å². The fraction of sp³-hybridized carbons (Fsp3) is 0.625. The summed E-state index contributed by atoms with van der Waals surface area (Å²) in [5.74, 6) is 0.455. The van der Waals surface area contributed by atoms with Gasteiger partial charge in [-0.05, 0) is 44.0 Å². The van der Waals surface area contributed by atoms with Gasteiger partial charge in [0.15, 0.2) is 0 Å². The summed E-state index contributed by atoms with van der Waals surface area (Å²) in [4.78, 5) is 2.32. The lowest BCUT2D eigenvalue weighted by Gasteiger charge is -2.33. The van der Waals surface area contributed by atoms with E-state index in [1.807, 2.05) is 0 Å². The molecule has 1 aliphatic heterocycles. The molecule has 2 nitrogen and oxygen atoms in total. The summed E-state index contributed by atoms with van der Waals surface area (Å²) in [5.41, 5.74) is 0.631. The van der Waals surface area contributed by atoms with E-state index in [0.717, 1.165) is 19.6 Å². The molecule has 0 radical (unpaired) electrons. The van der Waals surface area contributed by atoms with Gasteiger partial charge in [-0.3, -0.25) is 4.90 Å². The molecule has 20 heavy (non-hydrogen) atoms. The molecule has 1 aliphatic rings. The van der Waals surface area contributed by atoms with Gasteiger partial charge in [-0.1, -0.05) is 31.5 Å². The third-order valence-corrected chi connectivity index (χ3v) is 4.22. The van der Waals surface area contributed by atoms with Crippen LogP contribution in [-0.4, -0.2) is 30.6 Å². The number of nitrogens with one attached hydrogen (secondary N) is 1. The minimum absolute atomic E-state index is 0.195. The largest absolute Gasteiger partial charge is 0.314 e. The molecule has 1 fully saturated rings. The van der Waals surface area contributed by atoms with Crippen molar-refractivity contribution in [3.05, 3.63) is 34.6 Å².